The summed E-state index contributed by atoms with van der Waals surface area (Å²) in [5.74, 6) is 0.852. The van der Waals surface area contributed by atoms with Crippen molar-refractivity contribution in [2.24, 2.45) is 0 Å². The molecule has 0 saturated carbocycles. The number of hydrogen-bond acceptors (Lipinski definition) is 5. The topological polar surface area (TPSA) is 76.3 Å². The third-order valence-electron chi connectivity index (χ3n) is 4.52. The zero-order valence-corrected chi connectivity index (χ0v) is 12.9. The number of aromatic nitrogens is 2. The molecule has 22 heavy (non-hydrogen) atoms. The zero-order valence-electron chi connectivity index (χ0n) is 12.9. The summed E-state index contributed by atoms with van der Waals surface area (Å²) in [5.41, 5.74) is 0.810. The summed E-state index contributed by atoms with van der Waals surface area (Å²) < 4.78 is 5.30. The van der Waals surface area contributed by atoms with Crippen LogP contribution in [0.25, 0.3) is 0 Å². The molecule has 0 aromatic carbocycles. The quantitative estimate of drug-likeness (QED) is 0.802. The average molecular weight is 303 g/mol. The van der Waals surface area contributed by atoms with Crippen LogP contribution in [0.1, 0.15) is 67.9 Å². The molecule has 0 bridgehead atoms. The van der Waals surface area contributed by atoms with E-state index in [1.54, 1.807) is 6.92 Å². The normalized spacial score (nSPS) is 19.9. The second kappa shape index (κ2) is 6.42. The van der Waals surface area contributed by atoms with Crippen molar-refractivity contribution in [3.05, 3.63) is 23.4 Å². The highest BCUT2D eigenvalue weighted by Crippen LogP contribution is 2.27. The van der Waals surface area contributed by atoms with E-state index in [4.69, 9.17) is 4.52 Å². The lowest BCUT2D eigenvalue weighted by molar-refractivity contribution is -0.129. The van der Waals surface area contributed by atoms with E-state index in [0.29, 0.717) is 19.0 Å². The fourth-order valence-electron chi connectivity index (χ4n) is 3.12. The molecule has 0 spiro atoms. The molecule has 1 aliphatic heterocycles. The Morgan fingerprint density at radius 1 is 1.27 bits per heavy atom. The van der Waals surface area contributed by atoms with Crippen molar-refractivity contribution in [1.82, 2.24) is 15.0 Å². The molecule has 0 atom stereocenters. The Morgan fingerprint density at radius 2 is 2.05 bits per heavy atom. The number of hydrogen-bond donors (Lipinski definition) is 0. The number of allylic oxidation sites excluding steroid dienone is 2. The van der Waals surface area contributed by atoms with Gasteiger partial charge < -0.3 is 9.42 Å². The van der Waals surface area contributed by atoms with Crippen LogP contribution in [0.15, 0.2) is 16.2 Å². The second-order valence-corrected chi connectivity index (χ2v) is 6.04. The predicted octanol–water partition coefficient (Wildman–Crippen LogP) is 2.48. The van der Waals surface area contributed by atoms with Crippen molar-refractivity contribution >= 4 is 11.7 Å². The molecule has 2 heterocycles. The largest absolute Gasteiger partial charge is 0.343 e. The van der Waals surface area contributed by atoms with Crippen LogP contribution >= 0.6 is 0 Å². The summed E-state index contributed by atoms with van der Waals surface area (Å²) in [5, 5.41) is 3.86. The molecule has 0 unspecified atom stereocenters. The Hall–Kier alpha value is -1.98. The molecule has 1 aliphatic carbocycles. The van der Waals surface area contributed by atoms with Gasteiger partial charge >= 0.3 is 0 Å². The Labute approximate surface area is 129 Å². The van der Waals surface area contributed by atoms with Gasteiger partial charge in [0.05, 0.1) is 0 Å². The standard InChI is InChI=1S/C16H21N3O3/c1-11(20)19-9-7-13(8-10-19)16-17-15(18-22-16)14(21)12-5-3-2-4-6-12/h5,13H,2-4,6-10H2,1H3. The van der Waals surface area contributed by atoms with Crippen LogP contribution in [0.3, 0.4) is 0 Å². The van der Waals surface area contributed by atoms with E-state index >= 15 is 0 Å². The highest BCUT2D eigenvalue weighted by molar-refractivity contribution is 6.06. The van der Waals surface area contributed by atoms with Crippen LogP contribution in [-0.4, -0.2) is 39.8 Å². The van der Waals surface area contributed by atoms with Gasteiger partial charge in [0.1, 0.15) is 0 Å². The van der Waals surface area contributed by atoms with Crippen molar-refractivity contribution in [3.8, 4) is 0 Å². The van der Waals surface area contributed by atoms with Crippen molar-refractivity contribution < 1.29 is 14.1 Å². The maximum Gasteiger partial charge on any atom is 0.243 e. The van der Waals surface area contributed by atoms with E-state index in [1.807, 2.05) is 11.0 Å². The Morgan fingerprint density at radius 3 is 2.68 bits per heavy atom. The summed E-state index contributed by atoms with van der Waals surface area (Å²) in [6, 6.07) is 0. The van der Waals surface area contributed by atoms with Gasteiger partial charge in [0.2, 0.25) is 23.4 Å². The lowest BCUT2D eigenvalue weighted by Crippen LogP contribution is -2.36. The van der Waals surface area contributed by atoms with Crippen molar-refractivity contribution in [1.29, 1.82) is 0 Å². The number of nitrogens with zero attached hydrogens (tertiary/aromatic N) is 3. The zero-order chi connectivity index (χ0) is 15.5. The minimum atomic E-state index is -0.101. The fourth-order valence-corrected chi connectivity index (χ4v) is 3.12. The summed E-state index contributed by atoms with van der Waals surface area (Å²) in [6.07, 6.45) is 7.55. The van der Waals surface area contributed by atoms with E-state index in [-0.39, 0.29) is 23.4 Å². The smallest absolute Gasteiger partial charge is 0.243 e. The number of piperidine rings is 1. The molecular weight excluding hydrogens is 282 g/mol. The predicted molar refractivity (Wildman–Crippen MR) is 79.4 cm³/mol. The molecule has 1 aromatic heterocycles. The number of amides is 1. The van der Waals surface area contributed by atoms with Crippen LogP contribution in [0.2, 0.25) is 0 Å². The summed E-state index contributed by atoms with van der Waals surface area (Å²) in [6.45, 7) is 3.00. The lowest BCUT2D eigenvalue weighted by atomic mass is 9.95. The molecule has 6 heteroatoms. The molecule has 1 fully saturated rings. The van der Waals surface area contributed by atoms with E-state index in [2.05, 4.69) is 10.1 Å². The third kappa shape index (κ3) is 3.10. The SMILES string of the molecule is CC(=O)N1CCC(c2nc(C(=O)C3=CCCCC3)no2)CC1. The van der Waals surface area contributed by atoms with Gasteiger partial charge in [-0.05, 0) is 44.1 Å². The van der Waals surface area contributed by atoms with Gasteiger partial charge in [0.25, 0.3) is 0 Å². The van der Waals surface area contributed by atoms with Crippen LogP contribution in [-0.2, 0) is 4.79 Å². The summed E-state index contributed by atoms with van der Waals surface area (Å²) >= 11 is 0. The van der Waals surface area contributed by atoms with Crippen LogP contribution in [0.4, 0.5) is 0 Å². The van der Waals surface area contributed by atoms with E-state index in [1.165, 1.54) is 0 Å². The molecular formula is C16H21N3O3. The van der Waals surface area contributed by atoms with E-state index in [0.717, 1.165) is 44.1 Å². The minimum absolute atomic E-state index is 0.101. The molecule has 1 amide bonds. The molecule has 3 rings (SSSR count). The van der Waals surface area contributed by atoms with Crippen LogP contribution in [0.5, 0.6) is 0 Å². The van der Waals surface area contributed by atoms with Gasteiger partial charge in [-0.25, -0.2) is 0 Å². The number of carbonyl (C=O) groups excluding carboxylic acids is 2. The number of carbonyl (C=O) groups is 2. The monoisotopic (exact) mass is 303 g/mol. The molecule has 2 aliphatic rings. The average Bonchev–Trinajstić information content (AvgIpc) is 3.05. The number of rotatable bonds is 3. The molecule has 0 N–H and O–H groups in total. The highest BCUT2D eigenvalue weighted by atomic mass is 16.5. The fraction of sp³-hybridized carbons (Fsp3) is 0.625. The van der Waals surface area contributed by atoms with Gasteiger partial charge in [0, 0.05) is 25.9 Å². The summed E-state index contributed by atoms with van der Waals surface area (Å²) in [4.78, 5) is 29.8. The maximum atomic E-state index is 12.3. The van der Waals surface area contributed by atoms with Gasteiger partial charge in [-0.3, -0.25) is 9.59 Å². The first-order valence-corrected chi connectivity index (χ1v) is 7.98. The van der Waals surface area contributed by atoms with Gasteiger partial charge in [0.15, 0.2) is 0 Å². The lowest BCUT2D eigenvalue weighted by Gasteiger charge is -2.29. The number of Topliss-reactive ketones (excluding diaryl/α,β-unsaturated/α-hetero) is 1. The van der Waals surface area contributed by atoms with Crippen molar-refractivity contribution in [3.63, 3.8) is 0 Å². The van der Waals surface area contributed by atoms with Gasteiger partial charge in [-0.1, -0.05) is 11.2 Å². The minimum Gasteiger partial charge on any atom is -0.343 e. The first-order valence-electron chi connectivity index (χ1n) is 7.98. The summed E-state index contributed by atoms with van der Waals surface area (Å²) in [7, 11) is 0. The second-order valence-electron chi connectivity index (χ2n) is 6.04. The highest BCUT2D eigenvalue weighted by Gasteiger charge is 2.28. The number of likely N-dealkylation sites (tertiary alicyclic amines) is 1. The Kier molecular flexibility index (Phi) is 4.36. The molecule has 1 saturated heterocycles. The van der Waals surface area contributed by atoms with Gasteiger partial charge in [-0.2, -0.15) is 4.98 Å². The molecule has 118 valence electrons. The van der Waals surface area contributed by atoms with Crippen molar-refractivity contribution in [2.45, 2.75) is 51.4 Å². The first-order chi connectivity index (χ1) is 10.6. The molecule has 1 aromatic rings. The Balaban J connectivity index is 1.65. The van der Waals surface area contributed by atoms with E-state index in [9.17, 15) is 9.59 Å². The molecule has 0 radical (unpaired) electrons. The third-order valence-corrected chi connectivity index (χ3v) is 4.52. The number of ketones is 1. The van der Waals surface area contributed by atoms with E-state index < -0.39 is 0 Å². The first kappa shape index (κ1) is 14.9. The van der Waals surface area contributed by atoms with Crippen LogP contribution in [0, 0.1) is 0 Å². The van der Waals surface area contributed by atoms with Crippen LogP contribution < -0.4 is 0 Å². The van der Waals surface area contributed by atoms with Crippen molar-refractivity contribution in [2.75, 3.05) is 13.1 Å². The Bertz CT molecular complexity index is 598. The molecule has 6 nitrogen and oxygen atoms in total. The van der Waals surface area contributed by atoms with Gasteiger partial charge in [-0.15, -0.1) is 0 Å². The maximum absolute atomic E-state index is 12.3.